The van der Waals surface area contributed by atoms with Crippen LogP contribution in [0.25, 0.3) is 6.08 Å². The molecule has 4 rings (SSSR count). The summed E-state index contributed by atoms with van der Waals surface area (Å²) in [6.07, 6.45) is 2.49. The molecular weight excluding hydrogens is 436 g/mol. The van der Waals surface area contributed by atoms with Crippen molar-refractivity contribution in [3.05, 3.63) is 77.1 Å². The zero-order chi connectivity index (χ0) is 23.4. The van der Waals surface area contributed by atoms with Crippen LogP contribution in [0.1, 0.15) is 49.5 Å². The molecule has 0 radical (unpaired) electrons. The largest absolute Gasteiger partial charge is 0.497 e. The van der Waals surface area contributed by atoms with Gasteiger partial charge in [-0.25, -0.2) is 4.99 Å². The number of anilines is 1. The average Bonchev–Trinajstić information content (AvgIpc) is 3.42. The van der Waals surface area contributed by atoms with E-state index in [-0.39, 0.29) is 5.91 Å². The topological polar surface area (TPSA) is 80.8 Å². The van der Waals surface area contributed by atoms with Crippen LogP contribution in [0.3, 0.4) is 0 Å². The van der Waals surface area contributed by atoms with Gasteiger partial charge in [0.1, 0.15) is 11.4 Å². The standard InChI is InChI=1S/C25H26N4O3S/c1-5-23-27-22(28-32-23)15-33-25-26-21(13-17-9-11-18(12-10-17)16(2)3)24(30)29(25)19-7-6-8-20(14-19)31-4/h6-14,16H,5,15H2,1-4H3/b21-13+. The Hall–Kier alpha value is -3.39. The van der Waals surface area contributed by atoms with Gasteiger partial charge in [-0.3, -0.25) is 9.69 Å². The molecule has 1 aliphatic heterocycles. The highest BCUT2D eigenvalue weighted by Crippen LogP contribution is 2.32. The van der Waals surface area contributed by atoms with E-state index in [1.165, 1.54) is 17.3 Å². The molecule has 0 saturated carbocycles. The second kappa shape index (κ2) is 10.0. The van der Waals surface area contributed by atoms with Crippen LogP contribution in [0.2, 0.25) is 0 Å². The molecule has 0 bridgehead atoms. The predicted molar refractivity (Wildman–Crippen MR) is 131 cm³/mol. The van der Waals surface area contributed by atoms with Crippen LogP contribution >= 0.6 is 11.8 Å². The zero-order valence-corrected chi connectivity index (χ0v) is 19.9. The Labute approximate surface area is 197 Å². The minimum Gasteiger partial charge on any atom is -0.497 e. The summed E-state index contributed by atoms with van der Waals surface area (Å²) < 4.78 is 10.5. The smallest absolute Gasteiger partial charge is 0.283 e. The number of aliphatic imine (C=N–C) groups is 1. The minimum atomic E-state index is -0.193. The van der Waals surface area contributed by atoms with E-state index in [0.717, 1.165) is 5.56 Å². The molecular formula is C25H26N4O3S. The van der Waals surface area contributed by atoms with Gasteiger partial charge >= 0.3 is 0 Å². The third kappa shape index (κ3) is 5.17. The van der Waals surface area contributed by atoms with Crippen molar-refractivity contribution in [1.29, 1.82) is 0 Å². The van der Waals surface area contributed by atoms with Gasteiger partial charge < -0.3 is 9.26 Å². The molecule has 0 atom stereocenters. The van der Waals surface area contributed by atoms with Crippen molar-refractivity contribution in [2.75, 3.05) is 12.0 Å². The van der Waals surface area contributed by atoms with Crippen LogP contribution in [0.5, 0.6) is 5.75 Å². The summed E-state index contributed by atoms with van der Waals surface area (Å²) in [5, 5.41) is 4.56. The number of aryl methyl sites for hydroxylation is 1. The maximum absolute atomic E-state index is 13.4. The summed E-state index contributed by atoms with van der Waals surface area (Å²) in [6, 6.07) is 15.6. The quantitative estimate of drug-likeness (QED) is 0.435. The SMILES string of the molecule is CCc1nc(CSC2=N/C(=C/c3ccc(C(C)C)cc3)C(=O)N2c2cccc(OC)c2)no1. The van der Waals surface area contributed by atoms with E-state index in [2.05, 4.69) is 41.1 Å². The van der Waals surface area contributed by atoms with Gasteiger partial charge in [-0.2, -0.15) is 4.98 Å². The molecule has 0 N–H and O–H groups in total. The third-order valence-corrected chi connectivity index (χ3v) is 6.13. The Balaban J connectivity index is 1.65. The van der Waals surface area contributed by atoms with Gasteiger partial charge in [-0.05, 0) is 35.3 Å². The third-order valence-electron chi connectivity index (χ3n) is 5.19. The first-order valence-corrected chi connectivity index (χ1v) is 11.8. The fourth-order valence-corrected chi connectivity index (χ4v) is 4.18. The predicted octanol–water partition coefficient (Wildman–Crippen LogP) is 5.44. The molecule has 0 saturated heterocycles. The lowest BCUT2D eigenvalue weighted by atomic mass is 10.0. The van der Waals surface area contributed by atoms with Gasteiger partial charge in [0.25, 0.3) is 5.91 Å². The number of methoxy groups -OCH3 is 1. The molecule has 1 aliphatic rings. The molecule has 0 aliphatic carbocycles. The highest BCUT2D eigenvalue weighted by Gasteiger charge is 2.32. The van der Waals surface area contributed by atoms with Crippen molar-refractivity contribution in [3.63, 3.8) is 0 Å². The second-order valence-corrected chi connectivity index (χ2v) is 8.78. The summed E-state index contributed by atoms with van der Waals surface area (Å²) in [4.78, 5) is 24.0. The first-order valence-electron chi connectivity index (χ1n) is 10.8. The Morgan fingerprint density at radius 2 is 1.97 bits per heavy atom. The lowest BCUT2D eigenvalue weighted by molar-refractivity contribution is -0.113. The number of hydrogen-bond donors (Lipinski definition) is 0. The van der Waals surface area contributed by atoms with Crippen LogP contribution in [0.15, 0.2) is 63.7 Å². The Morgan fingerprint density at radius 1 is 1.18 bits per heavy atom. The summed E-state index contributed by atoms with van der Waals surface area (Å²) in [5.41, 5.74) is 3.24. The van der Waals surface area contributed by atoms with Crippen LogP contribution < -0.4 is 9.64 Å². The zero-order valence-electron chi connectivity index (χ0n) is 19.1. The number of carbonyl (C=O) groups excluding carboxylic acids is 1. The maximum atomic E-state index is 13.4. The molecule has 33 heavy (non-hydrogen) atoms. The molecule has 3 aromatic rings. The molecule has 7 nitrogen and oxygen atoms in total. The van der Waals surface area contributed by atoms with Crippen LogP contribution in [0, 0.1) is 0 Å². The number of amides is 1. The van der Waals surface area contributed by atoms with Gasteiger partial charge in [0.05, 0.1) is 18.6 Å². The number of benzene rings is 2. The maximum Gasteiger partial charge on any atom is 0.283 e. The fourth-order valence-electron chi connectivity index (χ4n) is 3.33. The Bertz CT molecular complexity index is 1200. The highest BCUT2D eigenvalue weighted by atomic mass is 32.2. The van der Waals surface area contributed by atoms with Crippen molar-refractivity contribution in [2.45, 2.75) is 38.9 Å². The first-order chi connectivity index (χ1) is 16.0. The number of rotatable bonds is 7. The Morgan fingerprint density at radius 3 is 2.64 bits per heavy atom. The van der Waals surface area contributed by atoms with Crippen molar-refractivity contribution < 1.29 is 14.1 Å². The van der Waals surface area contributed by atoms with Gasteiger partial charge in [-0.1, -0.05) is 68.0 Å². The highest BCUT2D eigenvalue weighted by molar-refractivity contribution is 8.13. The molecule has 2 aromatic carbocycles. The minimum absolute atomic E-state index is 0.193. The van der Waals surface area contributed by atoms with E-state index in [4.69, 9.17) is 9.26 Å². The van der Waals surface area contributed by atoms with Gasteiger partial charge in [0, 0.05) is 12.5 Å². The lowest BCUT2D eigenvalue weighted by Gasteiger charge is -2.18. The number of ether oxygens (including phenoxy) is 1. The van der Waals surface area contributed by atoms with E-state index in [9.17, 15) is 4.79 Å². The molecule has 170 valence electrons. The van der Waals surface area contributed by atoms with Crippen molar-refractivity contribution in [3.8, 4) is 5.75 Å². The van der Waals surface area contributed by atoms with Gasteiger partial charge in [0.15, 0.2) is 11.0 Å². The van der Waals surface area contributed by atoms with Crippen LogP contribution in [-0.2, 0) is 17.0 Å². The first kappa shape index (κ1) is 22.8. The molecule has 0 fully saturated rings. The number of nitrogens with zero attached hydrogens (tertiary/aromatic N) is 4. The number of hydrogen-bond acceptors (Lipinski definition) is 7. The molecule has 8 heteroatoms. The summed E-state index contributed by atoms with van der Waals surface area (Å²) in [5.74, 6) is 2.51. The fraction of sp³-hybridized carbons (Fsp3) is 0.280. The summed E-state index contributed by atoms with van der Waals surface area (Å²) in [6.45, 7) is 6.27. The summed E-state index contributed by atoms with van der Waals surface area (Å²) in [7, 11) is 1.60. The van der Waals surface area contributed by atoms with Crippen LogP contribution in [-0.4, -0.2) is 28.3 Å². The molecule has 0 unspecified atom stereocenters. The number of amidine groups is 1. The number of aromatic nitrogens is 2. The molecule has 0 spiro atoms. The lowest BCUT2D eigenvalue weighted by Crippen LogP contribution is -2.30. The number of carbonyl (C=O) groups is 1. The van der Waals surface area contributed by atoms with Gasteiger partial charge in [0.2, 0.25) is 5.89 Å². The van der Waals surface area contributed by atoms with E-state index in [0.29, 0.717) is 52.1 Å². The second-order valence-electron chi connectivity index (χ2n) is 7.83. The van der Waals surface area contributed by atoms with Crippen molar-refractivity contribution >= 4 is 34.6 Å². The van der Waals surface area contributed by atoms with Crippen molar-refractivity contribution in [1.82, 2.24) is 10.1 Å². The molecule has 1 amide bonds. The monoisotopic (exact) mass is 462 g/mol. The van der Waals surface area contributed by atoms with E-state index >= 15 is 0 Å². The number of thioether (sulfide) groups is 1. The average molecular weight is 463 g/mol. The normalized spacial score (nSPS) is 14.9. The van der Waals surface area contributed by atoms with Crippen molar-refractivity contribution in [2.24, 2.45) is 4.99 Å². The Kier molecular flexibility index (Phi) is 6.93. The van der Waals surface area contributed by atoms with Crippen LogP contribution in [0.4, 0.5) is 5.69 Å². The summed E-state index contributed by atoms with van der Waals surface area (Å²) >= 11 is 1.39. The molecule has 1 aromatic heterocycles. The molecule has 2 heterocycles. The van der Waals surface area contributed by atoms with E-state index in [1.807, 2.05) is 49.4 Å². The van der Waals surface area contributed by atoms with E-state index in [1.54, 1.807) is 12.0 Å². The van der Waals surface area contributed by atoms with E-state index < -0.39 is 0 Å². The van der Waals surface area contributed by atoms with Gasteiger partial charge in [-0.15, -0.1) is 0 Å².